The van der Waals surface area contributed by atoms with Gasteiger partial charge in [-0.3, -0.25) is 0 Å². The lowest BCUT2D eigenvalue weighted by molar-refractivity contribution is 0.570. The van der Waals surface area contributed by atoms with Gasteiger partial charge in [-0.1, -0.05) is 19.1 Å². The molecule has 0 aliphatic carbocycles. The SMILES string of the molecule is CCNC(C)c1cccc(F)c1N(C)C1CCSC1. The third-order valence-electron chi connectivity index (χ3n) is 3.80. The number of halogens is 1. The molecule has 0 radical (unpaired) electrons. The second-order valence-electron chi connectivity index (χ2n) is 5.09. The zero-order chi connectivity index (χ0) is 13.8. The monoisotopic (exact) mass is 282 g/mol. The minimum atomic E-state index is -0.110. The van der Waals surface area contributed by atoms with Crippen molar-refractivity contribution in [2.75, 3.05) is 30.0 Å². The lowest BCUT2D eigenvalue weighted by Gasteiger charge is -2.30. The van der Waals surface area contributed by atoms with Gasteiger partial charge in [-0.25, -0.2) is 4.39 Å². The van der Waals surface area contributed by atoms with E-state index in [2.05, 4.69) is 24.1 Å². The number of para-hydroxylation sites is 1. The minimum Gasteiger partial charge on any atom is -0.368 e. The van der Waals surface area contributed by atoms with Gasteiger partial charge in [0.25, 0.3) is 0 Å². The summed E-state index contributed by atoms with van der Waals surface area (Å²) in [6.45, 7) is 5.06. The Bertz CT molecular complexity index is 419. The molecule has 1 fully saturated rings. The van der Waals surface area contributed by atoms with Crippen LogP contribution < -0.4 is 10.2 Å². The molecule has 1 saturated heterocycles. The molecule has 1 N–H and O–H groups in total. The number of thioether (sulfide) groups is 1. The zero-order valence-electron chi connectivity index (χ0n) is 11.9. The Kier molecular flexibility index (Phi) is 5.11. The number of nitrogens with zero attached hydrogens (tertiary/aromatic N) is 1. The molecule has 0 bridgehead atoms. The zero-order valence-corrected chi connectivity index (χ0v) is 12.8. The third kappa shape index (κ3) is 3.23. The molecule has 2 rings (SSSR count). The van der Waals surface area contributed by atoms with Crippen molar-refractivity contribution >= 4 is 17.4 Å². The number of hydrogen-bond donors (Lipinski definition) is 1. The molecule has 0 aromatic heterocycles. The van der Waals surface area contributed by atoms with Gasteiger partial charge in [0.15, 0.2) is 0 Å². The number of hydrogen-bond acceptors (Lipinski definition) is 3. The second-order valence-corrected chi connectivity index (χ2v) is 6.24. The van der Waals surface area contributed by atoms with Crippen LogP contribution in [0.3, 0.4) is 0 Å². The van der Waals surface area contributed by atoms with Gasteiger partial charge in [-0.15, -0.1) is 0 Å². The summed E-state index contributed by atoms with van der Waals surface area (Å²) < 4.78 is 14.3. The van der Waals surface area contributed by atoms with Crippen molar-refractivity contribution in [2.24, 2.45) is 0 Å². The summed E-state index contributed by atoms with van der Waals surface area (Å²) in [7, 11) is 2.02. The lowest BCUT2D eigenvalue weighted by atomic mass is 10.0. The Morgan fingerprint density at radius 3 is 2.95 bits per heavy atom. The Hall–Kier alpha value is -0.740. The molecule has 1 aromatic carbocycles. The fraction of sp³-hybridized carbons (Fsp3) is 0.600. The van der Waals surface area contributed by atoms with Crippen LogP contribution in [-0.4, -0.2) is 31.1 Å². The normalized spacial score (nSPS) is 20.5. The van der Waals surface area contributed by atoms with Gasteiger partial charge in [0.05, 0.1) is 5.69 Å². The number of benzene rings is 1. The Morgan fingerprint density at radius 2 is 2.32 bits per heavy atom. The molecule has 1 aliphatic rings. The molecular weight excluding hydrogens is 259 g/mol. The Labute approximate surface area is 119 Å². The van der Waals surface area contributed by atoms with Crippen LogP contribution in [0.25, 0.3) is 0 Å². The van der Waals surface area contributed by atoms with Gasteiger partial charge in [0.2, 0.25) is 0 Å². The van der Waals surface area contributed by atoms with Gasteiger partial charge in [0, 0.05) is 24.9 Å². The maximum atomic E-state index is 14.3. The summed E-state index contributed by atoms with van der Waals surface area (Å²) in [5.74, 6) is 2.17. The minimum absolute atomic E-state index is 0.110. The van der Waals surface area contributed by atoms with Crippen molar-refractivity contribution < 1.29 is 4.39 Å². The molecule has 106 valence electrons. The molecule has 4 heteroatoms. The summed E-state index contributed by atoms with van der Waals surface area (Å²) in [5.41, 5.74) is 1.82. The molecule has 19 heavy (non-hydrogen) atoms. The lowest BCUT2D eigenvalue weighted by Crippen LogP contribution is -2.34. The smallest absolute Gasteiger partial charge is 0.146 e. The summed E-state index contributed by atoms with van der Waals surface area (Å²) in [5, 5.41) is 3.38. The third-order valence-corrected chi connectivity index (χ3v) is 4.95. The van der Waals surface area contributed by atoms with Crippen molar-refractivity contribution in [3.8, 4) is 0 Å². The van der Waals surface area contributed by atoms with E-state index in [9.17, 15) is 4.39 Å². The topological polar surface area (TPSA) is 15.3 Å². The van der Waals surface area contributed by atoms with E-state index < -0.39 is 0 Å². The Balaban J connectivity index is 2.31. The molecule has 1 heterocycles. The van der Waals surface area contributed by atoms with Crippen LogP contribution in [0, 0.1) is 5.82 Å². The van der Waals surface area contributed by atoms with Crippen LogP contribution in [0.1, 0.15) is 31.9 Å². The molecule has 2 atom stereocenters. The quantitative estimate of drug-likeness (QED) is 0.890. The first-order chi connectivity index (χ1) is 9.15. The highest BCUT2D eigenvalue weighted by Gasteiger charge is 2.25. The summed E-state index contributed by atoms with van der Waals surface area (Å²) in [4.78, 5) is 2.14. The fourth-order valence-electron chi connectivity index (χ4n) is 2.68. The second kappa shape index (κ2) is 6.62. The predicted molar refractivity (Wildman–Crippen MR) is 82.6 cm³/mol. The molecule has 1 aromatic rings. The molecule has 0 amide bonds. The number of nitrogens with one attached hydrogen (secondary N) is 1. The van der Waals surface area contributed by atoms with E-state index in [0.717, 1.165) is 30.0 Å². The van der Waals surface area contributed by atoms with E-state index in [-0.39, 0.29) is 11.9 Å². The average Bonchev–Trinajstić information content (AvgIpc) is 2.92. The molecule has 0 spiro atoms. The highest BCUT2D eigenvalue weighted by molar-refractivity contribution is 7.99. The van der Waals surface area contributed by atoms with Crippen LogP contribution in [0.4, 0.5) is 10.1 Å². The predicted octanol–water partition coefficient (Wildman–Crippen LogP) is 3.44. The van der Waals surface area contributed by atoms with Crippen molar-refractivity contribution in [1.82, 2.24) is 5.32 Å². The maximum Gasteiger partial charge on any atom is 0.146 e. The van der Waals surface area contributed by atoms with Crippen molar-refractivity contribution in [3.05, 3.63) is 29.6 Å². The largest absolute Gasteiger partial charge is 0.368 e. The highest BCUT2D eigenvalue weighted by atomic mass is 32.2. The standard InChI is InChI=1S/C15H23FN2S/c1-4-17-11(2)13-6-5-7-14(16)15(13)18(3)12-8-9-19-10-12/h5-7,11-12,17H,4,8-10H2,1-3H3. The molecule has 2 unspecified atom stereocenters. The maximum absolute atomic E-state index is 14.3. The number of anilines is 1. The first-order valence-corrected chi connectivity index (χ1v) is 8.13. The van der Waals surface area contributed by atoms with Gasteiger partial charge in [-0.05, 0) is 37.3 Å². The fourth-order valence-corrected chi connectivity index (χ4v) is 3.95. The van der Waals surface area contributed by atoms with Crippen molar-refractivity contribution in [2.45, 2.75) is 32.4 Å². The average molecular weight is 282 g/mol. The van der Waals surface area contributed by atoms with E-state index in [0.29, 0.717) is 6.04 Å². The highest BCUT2D eigenvalue weighted by Crippen LogP contribution is 2.33. The van der Waals surface area contributed by atoms with Crippen LogP contribution in [0.2, 0.25) is 0 Å². The van der Waals surface area contributed by atoms with E-state index in [4.69, 9.17) is 0 Å². The van der Waals surface area contributed by atoms with Gasteiger partial charge in [-0.2, -0.15) is 11.8 Å². The summed E-state index contributed by atoms with van der Waals surface area (Å²) >= 11 is 1.96. The first kappa shape index (κ1) is 14.7. The van der Waals surface area contributed by atoms with Crippen molar-refractivity contribution in [1.29, 1.82) is 0 Å². The summed E-state index contributed by atoms with van der Waals surface area (Å²) in [6, 6.07) is 6.03. The van der Waals surface area contributed by atoms with Gasteiger partial charge in [0.1, 0.15) is 5.82 Å². The van der Waals surface area contributed by atoms with E-state index in [1.165, 1.54) is 5.75 Å². The van der Waals surface area contributed by atoms with Crippen LogP contribution in [-0.2, 0) is 0 Å². The molecule has 0 saturated carbocycles. The van der Waals surface area contributed by atoms with Crippen LogP contribution in [0.5, 0.6) is 0 Å². The van der Waals surface area contributed by atoms with Crippen LogP contribution in [0.15, 0.2) is 18.2 Å². The number of rotatable bonds is 5. The van der Waals surface area contributed by atoms with E-state index >= 15 is 0 Å². The molecular formula is C15H23FN2S. The molecule has 1 aliphatic heterocycles. The molecule has 2 nitrogen and oxygen atoms in total. The van der Waals surface area contributed by atoms with Crippen LogP contribution >= 0.6 is 11.8 Å². The van der Waals surface area contributed by atoms with Gasteiger partial charge < -0.3 is 10.2 Å². The Morgan fingerprint density at radius 1 is 1.53 bits per heavy atom. The first-order valence-electron chi connectivity index (χ1n) is 6.97. The summed E-state index contributed by atoms with van der Waals surface area (Å²) in [6.07, 6.45) is 1.14. The van der Waals surface area contributed by atoms with Gasteiger partial charge >= 0.3 is 0 Å². The van der Waals surface area contributed by atoms with E-state index in [1.54, 1.807) is 12.1 Å². The van der Waals surface area contributed by atoms with E-state index in [1.807, 2.05) is 24.9 Å². The van der Waals surface area contributed by atoms with Crippen molar-refractivity contribution in [3.63, 3.8) is 0 Å².